The van der Waals surface area contributed by atoms with Crippen LogP contribution in [0.1, 0.15) is 36.8 Å². The van der Waals surface area contributed by atoms with Gasteiger partial charge in [0.05, 0.1) is 5.41 Å². The zero-order valence-corrected chi connectivity index (χ0v) is 11.4. The smallest absolute Gasteiger partial charge is 0.232 e. The number of amides is 1. The van der Waals surface area contributed by atoms with Crippen LogP contribution in [-0.2, 0) is 11.2 Å². The fourth-order valence-corrected chi connectivity index (χ4v) is 3.43. The summed E-state index contributed by atoms with van der Waals surface area (Å²) in [5.74, 6) is 1.50. The number of anilines is 1. The molecule has 1 saturated carbocycles. The van der Waals surface area contributed by atoms with Gasteiger partial charge in [-0.3, -0.25) is 4.79 Å². The molecule has 1 aliphatic heterocycles. The molecular weight excluding hydrogens is 238 g/mol. The SMILES string of the molecule is Cc1cnc2c(c1)CC1(CCC(CN)CC1)C(=O)N2. The molecule has 1 aromatic rings. The molecule has 0 atom stereocenters. The molecule has 2 aliphatic rings. The molecule has 1 aliphatic carbocycles. The second-order valence-electron chi connectivity index (χ2n) is 6.11. The molecule has 0 bridgehead atoms. The molecule has 0 aromatic carbocycles. The van der Waals surface area contributed by atoms with Crippen molar-refractivity contribution in [3.8, 4) is 0 Å². The van der Waals surface area contributed by atoms with Gasteiger partial charge in [0.15, 0.2) is 0 Å². The van der Waals surface area contributed by atoms with Gasteiger partial charge in [-0.1, -0.05) is 6.07 Å². The summed E-state index contributed by atoms with van der Waals surface area (Å²) in [6.45, 7) is 2.79. The maximum atomic E-state index is 12.4. The van der Waals surface area contributed by atoms with Gasteiger partial charge in [0.25, 0.3) is 0 Å². The lowest BCUT2D eigenvalue weighted by Gasteiger charge is -2.41. The van der Waals surface area contributed by atoms with Crippen LogP contribution in [0.25, 0.3) is 0 Å². The van der Waals surface area contributed by atoms with E-state index in [2.05, 4.69) is 16.4 Å². The molecule has 1 fully saturated rings. The summed E-state index contributed by atoms with van der Waals surface area (Å²) >= 11 is 0. The van der Waals surface area contributed by atoms with Gasteiger partial charge in [0, 0.05) is 6.20 Å². The molecule has 19 heavy (non-hydrogen) atoms. The van der Waals surface area contributed by atoms with Crippen molar-refractivity contribution in [2.45, 2.75) is 39.0 Å². The average Bonchev–Trinajstić information content (AvgIpc) is 2.41. The first-order chi connectivity index (χ1) is 9.13. The highest BCUT2D eigenvalue weighted by Gasteiger charge is 2.44. The largest absolute Gasteiger partial charge is 0.330 e. The first-order valence-corrected chi connectivity index (χ1v) is 7.10. The Morgan fingerprint density at radius 1 is 1.47 bits per heavy atom. The Morgan fingerprint density at radius 2 is 2.21 bits per heavy atom. The lowest BCUT2D eigenvalue weighted by atomic mass is 9.65. The van der Waals surface area contributed by atoms with E-state index in [0.29, 0.717) is 5.92 Å². The minimum atomic E-state index is -0.214. The van der Waals surface area contributed by atoms with Crippen LogP contribution < -0.4 is 11.1 Å². The van der Waals surface area contributed by atoms with Gasteiger partial charge in [-0.05, 0) is 62.6 Å². The topological polar surface area (TPSA) is 68.0 Å². The van der Waals surface area contributed by atoms with Gasteiger partial charge in [-0.15, -0.1) is 0 Å². The van der Waals surface area contributed by atoms with Gasteiger partial charge in [0.2, 0.25) is 5.91 Å². The maximum Gasteiger partial charge on any atom is 0.232 e. The van der Waals surface area contributed by atoms with Crippen LogP contribution in [0.4, 0.5) is 5.82 Å². The van der Waals surface area contributed by atoms with Crippen LogP contribution in [0.5, 0.6) is 0 Å². The molecule has 1 amide bonds. The number of carbonyl (C=O) groups excluding carboxylic acids is 1. The molecule has 0 radical (unpaired) electrons. The minimum Gasteiger partial charge on any atom is -0.330 e. The van der Waals surface area contributed by atoms with Crippen molar-refractivity contribution in [3.05, 3.63) is 23.4 Å². The lowest BCUT2D eigenvalue weighted by Crippen LogP contribution is -2.45. The van der Waals surface area contributed by atoms with E-state index < -0.39 is 0 Å². The molecule has 2 heterocycles. The predicted octanol–water partition coefficient (Wildman–Crippen LogP) is 2.02. The van der Waals surface area contributed by atoms with Gasteiger partial charge in [0.1, 0.15) is 5.82 Å². The molecule has 4 heteroatoms. The molecule has 0 unspecified atom stereocenters. The Hall–Kier alpha value is -1.42. The molecular formula is C15H21N3O. The van der Waals surface area contributed by atoms with Crippen molar-refractivity contribution in [3.63, 3.8) is 0 Å². The number of nitrogens with zero attached hydrogens (tertiary/aromatic N) is 1. The third kappa shape index (κ3) is 2.14. The fourth-order valence-electron chi connectivity index (χ4n) is 3.43. The quantitative estimate of drug-likeness (QED) is 0.810. The number of aromatic nitrogens is 1. The van der Waals surface area contributed by atoms with Gasteiger partial charge in [-0.2, -0.15) is 0 Å². The lowest BCUT2D eigenvalue weighted by molar-refractivity contribution is -0.128. The monoisotopic (exact) mass is 259 g/mol. The first kappa shape index (κ1) is 12.6. The Labute approximate surface area is 113 Å². The Morgan fingerprint density at radius 3 is 2.89 bits per heavy atom. The Balaban J connectivity index is 1.87. The van der Waals surface area contributed by atoms with Gasteiger partial charge in [-0.25, -0.2) is 4.98 Å². The first-order valence-electron chi connectivity index (χ1n) is 7.10. The summed E-state index contributed by atoms with van der Waals surface area (Å²) in [6, 6.07) is 2.15. The summed E-state index contributed by atoms with van der Waals surface area (Å²) in [5, 5.41) is 3.00. The number of aryl methyl sites for hydroxylation is 1. The second-order valence-corrected chi connectivity index (χ2v) is 6.11. The van der Waals surface area contributed by atoms with Crippen molar-refractivity contribution >= 4 is 11.7 Å². The maximum absolute atomic E-state index is 12.4. The van der Waals surface area contributed by atoms with Crippen LogP contribution in [0, 0.1) is 18.3 Å². The van der Waals surface area contributed by atoms with Crippen molar-refractivity contribution in [2.24, 2.45) is 17.1 Å². The molecule has 1 spiro atoms. The molecule has 4 nitrogen and oxygen atoms in total. The van der Waals surface area contributed by atoms with Crippen LogP contribution in [-0.4, -0.2) is 17.4 Å². The van der Waals surface area contributed by atoms with E-state index in [1.165, 1.54) is 5.56 Å². The zero-order chi connectivity index (χ0) is 13.5. The van der Waals surface area contributed by atoms with Crippen molar-refractivity contribution in [1.29, 1.82) is 0 Å². The van der Waals surface area contributed by atoms with E-state index in [1.54, 1.807) is 0 Å². The van der Waals surface area contributed by atoms with Crippen LogP contribution in [0.15, 0.2) is 12.3 Å². The van der Waals surface area contributed by atoms with Crippen molar-refractivity contribution in [1.82, 2.24) is 4.98 Å². The average molecular weight is 259 g/mol. The summed E-state index contributed by atoms with van der Waals surface area (Å²) in [6.07, 6.45) is 6.68. The molecule has 3 N–H and O–H groups in total. The number of carbonyl (C=O) groups is 1. The Kier molecular flexibility index (Phi) is 3.05. The Bertz CT molecular complexity index is 504. The minimum absolute atomic E-state index is 0.159. The third-order valence-corrected chi connectivity index (χ3v) is 4.74. The number of hydrogen-bond acceptors (Lipinski definition) is 3. The second kappa shape index (κ2) is 4.60. The normalized spacial score (nSPS) is 30.0. The van der Waals surface area contributed by atoms with E-state index >= 15 is 0 Å². The highest BCUT2D eigenvalue weighted by atomic mass is 16.2. The van der Waals surface area contributed by atoms with E-state index in [4.69, 9.17) is 5.73 Å². The number of pyridine rings is 1. The van der Waals surface area contributed by atoms with E-state index in [0.717, 1.165) is 50.0 Å². The predicted molar refractivity (Wildman–Crippen MR) is 74.8 cm³/mol. The van der Waals surface area contributed by atoms with E-state index in [1.807, 2.05) is 13.1 Å². The number of rotatable bonds is 1. The van der Waals surface area contributed by atoms with Crippen LogP contribution in [0.3, 0.4) is 0 Å². The molecule has 1 aromatic heterocycles. The summed E-state index contributed by atoms with van der Waals surface area (Å²) in [4.78, 5) is 16.8. The zero-order valence-electron chi connectivity index (χ0n) is 11.4. The summed E-state index contributed by atoms with van der Waals surface area (Å²) in [7, 11) is 0. The highest BCUT2D eigenvalue weighted by molar-refractivity contribution is 5.97. The van der Waals surface area contributed by atoms with Crippen LogP contribution >= 0.6 is 0 Å². The molecule has 102 valence electrons. The standard InChI is InChI=1S/C15H21N3O/c1-10-6-12-7-15(4-2-11(8-16)3-5-15)14(19)18-13(12)17-9-10/h6,9,11H,2-5,7-8,16H2,1H3,(H,17,18,19). The number of fused-ring (bicyclic) bond motifs is 1. The summed E-state index contributed by atoms with van der Waals surface area (Å²) < 4.78 is 0. The van der Waals surface area contributed by atoms with Crippen LogP contribution in [0.2, 0.25) is 0 Å². The molecule has 0 saturated heterocycles. The van der Waals surface area contributed by atoms with E-state index in [9.17, 15) is 4.79 Å². The fraction of sp³-hybridized carbons (Fsp3) is 0.600. The van der Waals surface area contributed by atoms with Gasteiger partial charge >= 0.3 is 0 Å². The molecule has 3 rings (SSSR count). The van der Waals surface area contributed by atoms with E-state index in [-0.39, 0.29) is 11.3 Å². The number of nitrogens with two attached hydrogens (primary N) is 1. The summed E-state index contributed by atoms with van der Waals surface area (Å²) in [5.41, 5.74) is 7.87. The third-order valence-electron chi connectivity index (χ3n) is 4.74. The van der Waals surface area contributed by atoms with Gasteiger partial charge < -0.3 is 11.1 Å². The number of nitrogens with one attached hydrogen (secondary N) is 1. The van der Waals surface area contributed by atoms with Crippen molar-refractivity contribution in [2.75, 3.05) is 11.9 Å². The number of hydrogen-bond donors (Lipinski definition) is 2. The van der Waals surface area contributed by atoms with Crippen molar-refractivity contribution < 1.29 is 4.79 Å². The highest BCUT2D eigenvalue weighted by Crippen LogP contribution is 2.45.